The Bertz CT molecular complexity index is 1630. The maximum Gasteiger partial charge on any atom is 0.416 e. The number of benzene rings is 2. The van der Waals surface area contributed by atoms with Crippen LogP contribution in [-0.4, -0.2) is 25.5 Å². The molecule has 10 heteroatoms. The van der Waals surface area contributed by atoms with Crippen molar-refractivity contribution in [3.8, 4) is 11.8 Å². The molecule has 3 aromatic rings. The molecule has 2 aromatic carbocycles. The number of hydrogen-bond acceptors (Lipinski definition) is 4. The lowest BCUT2D eigenvalue weighted by Gasteiger charge is -2.27. The summed E-state index contributed by atoms with van der Waals surface area (Å²) in [6, 6.07) is 13.2. The van der Waals surface area contributed by atoms with E-state index < -0.39 is 28.5 Å². The number of halogens is 3. The second-order valence-corrected chi connectivity index (χ2v) is 9.32. The summed E-state index contributed by atoms with van der Waals surface area (Å²) < 4.78 is 44.2. The first-order valence-electron chi connectivity index (χ1n) is 11.5. The van der Waals surface area contributed by atoms with Gasteiger partial charge in [0.2, 0.25) is 11.4 Å². The zero-order valence-corrected chi connectivity index (χ0v) is 20.7. The number of alkyl halides is 3. The number of nitriles is 1. The summed E-state index contributed by atoms with van der Waals surface area (Å²) in [7, 11) is 0. The standard InChI is InChI=1S/C27H25F3N5O2/c1-5-33-24(36)22(16(2)35(25(33)37)20-8-6-7-18(13-20)27(28,29)30)23-21(26(3,4)32)15-34(23)19-11-9-17(14-31)10-12-19/h6-13,15H,5,32H2,1-4H3/q+1. The Balaban J connectivity index is 2.03. The molecular weight excluding hydrogens is 483 g/mol. The fourth-order valence-corrected chi connectivity index (χ4v) is 4.37. The molecule has 37 heavy (non-hydrogen) atoms. The molecule has 0 unspecified atom stereocenters. The van der Waals surface area contributed by atoms with Crippen molar-refractivity contribution in [1.29, 1.82) is 5.26 Å². The number of nitrogens with zero attached hydrogens (tertiary/aromatic N) is 4. The molecular formula is C27H25F3N5O2+. The van der Waals surface area contributed by atoms with Crippen LogP contribution >= 0.6 is 0 Å². The maximum atomic E-state index is 13.6. The normalized spacial score (nSPS) is 13.8. The van der Waals surface area contributed by atoms with Crippen molar-refractivity contribution in [2.75, 3.05) is 0 Å². The zero-order chi connectivity index (χ0) is 27.3. The molecule has 0 radical (unpaired) electrons. The van der Waals surface area contributed by atoms with Crippen LogP contribution in [0.25, 0.3) is 11.4 Å². The van der Waals surface area contributed by atoms with Crippen LogP contribution in [0.3, 0.4) is 0 Å². The van der Waals surface area contributed by atoms with E-state index in [9.17, 15) is 22.8 Å². The van der Waals surface area contributed by atoms with Gasteiger partial charge in [-0.25, -0.2) is 4.79 Å². The van der Waals surface area contributed by atoms with Gasteiger partial charge in [-0.3, -0.25) is 13.9 Å². The molecule has 0 atom stereocenters. The van der Waals surface area contributed by atoms with Crippen LogP contribution in [0.15, 0.2) is 63.7 Å². The van der Waals surface area contributed by atoms with E-state index in [1.165, 1.54) is 19.1 Å². The summed E-state index contributed by atoms with van der Waals surface area (Å²) in [5.74, 6) is 0. The van der Waals surface area contributed by atoms with Crippen LogP contribution in [-0.2, 0) is 12.7 Å². The van der Waals surface area contributed by atoms with E-state index in [0.29, 0.717) is 22.5 Å². The van der Waals surface area contributed by atoms with Crippen molar-refractivity contribution in [3.05, 3.63) is 97.3 Å². The van der Waals surface area contributed by atoms with E-state index >= 15 is 0 Å². The molecule has 2 heterocycles. The van der Waals surface area contributed by atoms with E-state index in [0.717, 1.165) is 21.3 Å². The molecule has 190 valence electrons. The van der Waals surface area contributed by atoms with Crippen molar-refractivity contribution >= 4 is 17.6 Å². The minimum absolute atomic E-state index is 0.0110. The molecule has 4 rings (SSSR count). The van der Waals surface area contributed by atoms with Crippen molar-refractivity contribution < 1.29 is 17.7 Å². The van der Waals surface area contributed by atoms with Gasteiger partial charge in [0, 0.05) is 29.9 Å². The van der Waals surface area contributed by atoms with Crippen molar-refractivity contribution in [2.45, 2.75) is 46.0 Å². The first-order chi connectivity index (χ1) is 17.3. The first kappa shape index (κ1) is 25.9. The van der Waals surface area contributed by atoms with Crippen LogP contribution in [0, 0.1) is 18.3 Å². The van der Waals surface area contributed by atoms with Crippen LogP contribution in [0.2, 0.25) is 0 Å². The molecule has 0 saturated carbocycles. The summed E-state index contributed by atoms with van der Waals surface area (Å²) in [4.78, 5) is 27.0. The van der Waals surface area contributed by atoms with Crippen molar-refractivity contribution in [1.82, 2.24) is 9.13 Å². The Kier molecular flexibility index (Phi) is 6.30. The molecule has 0 fully saturated rings. The molecule has 1 aliphatic rings. The fourth-order valence-electron chi connectivity index (χ4n) is 4.37. The molecule has 1 aliphatic heterocycles. The molecule has 7 nitrogen and oxygen atoms in total. The number of aromatic nitrogens is 2. The Morgan fingerprint density at radius 3 is 2.27 bits per heavy atom. The Labute approximate surface area is 210 Å². The van der Waals surface area contributed by atoms with E-state index in [1.54, 1.807) is 55.8 Å². The Morgan fingerprint density at radius 2 is 1.73 bits per heavy atom. The predicted octanol–water partition coefficient (Wildman–Crippen LogP) is 4.10. The summed E-state index contributed by atoms with van der Waals surface area (Å²) in [6.07, 6.45) is -2.84. The topological polar surface area (TPSA) is 96.8 Å². The molecule has 0 spiro atoms. The fraction of sp³-hybridized carbons (Fsp3) is 0.259. The number of rotatable bonds is 5. The lowest BCUT2D eigenvalue weighted by Crippen LogP contribution is -2.46. The van der Waals surface area contributed by atoms with Gasteiger partial charge < -0.3 is 5.73 Å². The van der Waals surface area contributed by atoms with E-state index in [1.807, 2.05) is 0 Å². The Hall–Kier alpha value is -4.23. The number of hydrogen-bond donors (Lipinski definition) is 1. The highest BCUT2D eigenvalue weighted by molar-refractivity contribution is 5.97. The third-order valence-electron chi connectivity index (χ3n) is 6.29. The van der Waals surface area contributed by atoms with E-state index in [2.05, 4.69) is 6.07 Å². The van der Waals surface area contributed by atoms with Crippen LogP contribution in [0.5, 0.6) is 0 Å². The Morgan fingerprint density at radius 1 is 1.08 bits per heavy atom. The minimum atomic E-state index is -4.61. The summed E-state index contributed by atoms with van der Waals surface area (Å²) in [6.45, 7) is 6.70. The van der Waals surface area contributed by atoms with Crippen molar-refractivity contribution in [2.24, 2.45) is 5.73 Å². The van der Waals surface area contributed by atoms with Crippen molar-refractivity contribution in [3.63, 3.8) is 0 Å². The summed E-state index contributed by atoms with van der Waals surface area (Å²) in [5.41, 5.74) is 5.83. The lowest BCUT2D eigenvalue weighted by molar-refractivity contribution is -0.339. The second kappa shape index (κ2) is 9.01. The molecule has 2 N–H and O–H groups in total. The lowest BCUT2D eigenvalue weighted by atomic mass is 9.87. The molecule has 0 saturated heterocycles. The molecule has 1 aromatic heterocycles. The van der Waals surface area contributed by atoms with Gasteiger partial charge in [0.25, 0.3) is 5.56 Å². The van der Waals surface area contributed by atoms with Crippen LogP contribution in [0.1, 0.15) is 43.2 Å². The van der Waals surface area contributed by atoms with Gasteiger partial charge >= 0.3 is 11.9 Å². The largest absolute Gasteiger partial charge is 0.416 e. The highest BCUT2D eigenvalue weighted by atomic mass is 19.4. The van der Waals surface area contributed by atoms with E-state index in [-0.39, 0.29) is 23.5 Å². The van der Waals surface area contributed by atoms with E-state index in [4.69, 9.17) is 11.0 Å². The third kappa shape index (κ3) is 4.42. The summed E-state index contributed by atoms with van der Waals surface area (Å²) in [5, 5.41) is 9.14. The van der Waals surface area contributed by atoms with Gasteiger partial charge in [0.05, 0.1) is 22.9 Å². The summed E-state index contributed by atoms with van der Waals surface area (Å²) >= 11 is 0. The maximum absolute atomic E-state index is 13.6. The number of nitrogens with two attached hydrogens (primary N) is 1. The monoisotopic (exact) mass is 508 g/mol. The highest BCUT2D eigenvalue weighted by Crippen LogP contribution is 2.36. The highest BCUT2D eigenvalue weighted by Gasteiger charge is 2.42. The first-order valence-corrected chi connectivity index (χ1v) is 11.5. The molecule has 0 bridgehead atoms. The second-order valence-electron chi connectivity index (χ2n) is 9.32. The van der Waals surface area contributed by atoms with Gasteiger partial charge in [-0.2, -0.15) is 23.0 Å². The van der Waals surface area contributed by atoms with Gasteiger partial charge in [-0.05, 0) is 58.0 Å². The van der Waals surface area contributed by atoms with Crippen LogP contribution in [0.4, 0.5) is 18.9 Å². The van der Waals surface area contributed by atoms with Gasteiger partial charge in [-0.15, -0.1) is 0 Å². The predicted molar refractivity (Wildman–Crippen MR) is 134 cm³/mol. The third-order valence-corrected chi connectivity index (χ3v) is 6.29. The minimum Gasteiger partial charge on any atom is -0.321 e. The average Bonchev–Trinajstić information content (AvgIpc) is 2.80. The average molecular weight is 509 g/mol. The van der Waals surface area contributed by atoms with Gasteiger partial charge in [0.15, 0.2) is 6.21 Å². The zero-order valence-electron chi connectivity index (χ0n) is 20.7. The van der Waals surface area contributed by atoms with Gasteiger partial charge in [0.1, 0.15) is 11.1 Å². The SMILES string of the molecule is CCn1c(=O)c(C2=C(C(C)(C)N)C=[N+]2c2ccc(C#N)cc2)c(C)n(-c2cccc(C(F)(F)F)c2)c1=O. The molecule has 0 aliphatic carbocycles. The van der Waals surface area contributed by atoms with Crippen LogP contribution < -0.4 is 17.0 Å². The molecule has 0 amide bonds. The quantitative estimate of drug-likeness (QED) is 0.525. The smallest absolute Gasteiger partial charge is 0.321 e. The van der Waals surface area contributed by atoms with Gasteiger partial charge in [-0.1, -0.05) is 6.07 Å².